The first-order valence-electron chi connectivity index (χ1n) is 25.0. The first-order valence-corrected chi connectivity index (χ1v) is 25.9. The molecule has 386 valence electrons. The molecule has 0 spiro atoms. The molecule has 5 aromatic rings. The number of phenolic OH excluding ortho intramolecular Hbond substituents is 1. The average Bonchev–Trinajstić information content (AvgIpc) is 3.99. The maximum Gasteiger partial charge on any atom is 0.253 e. The third kappa shape index (κ3) is 12.6. The zero-order valence-electron chi connectivity index (χ0n) is 42.1. The Morgan fingerprint density at radius 2 is 1.55 bits per heavy atom. The lowest BCUT2D eigenvalue weighted by Gasteiger charge is -2.40. The van der Waals surface area contributed by atoms with Gasteiger partial charge >= 0.3 is 0 Å². The van der Waals surface area contributed by atoms with E-state index in [9.17, 15) is 34.2 Å². The van der Waals surface area contributed by atoms with Crippen molar-refractivity contribution in [3.63, 3.8) is 0 Å². The summed E-state index contributed by atoms with van der Waals surface area (Å²) in [6, 6.07) is 21.5. The number of carbonyl (C=O) groups is 5. The van der Waals surface area contributed by atoms with Gasteiger partial charge in [0.25, 0.3) is 5.91 Å². The van der Waals surface area contributed by atoms with Gasteiger partial charge in [-0.2, -0.15) is 0 Å². The lowest BCUT2D eigenvalue weighted by Crippen LogP contribution is -2.57. The second-order valence-electron chi connectivity index (χ2n) is 20.3. The molecular formula is C54H66N10O8S. The van der Waals surface area contributed by atoms with Crippen molar-refractivity contribution in [2.75, 3.05) is 56.4 Å². The van der Waals surface area contributed by atoms with E-state index < -0.39 is 29.5 Å². The fourth-order valence-corrected chi connectivity index (χ4v) is 10.3. The van der Waals surface area contributed by atoms with E-state index in [1.807, 2.05) is 81.4 Å². The van der Waals surface area contributed by atoms with Gasteiger partial charge in [-0.3, -0.25) is 24.0 Å². The number of aromatic nitrogens is 3. The minimum Gasteiger partial charge on any atom is -0.507 e. The largest absolute Gasteiger partial charge is 0.507 e. The van der Waals surface area contributed by atoms with Gasteiger partial charge in [0.2, 0.25) is 23.6 Å². The van der Waals surface area contributed by atoms with E-state index >= 15 is 0 Å². The van der Waals surface area contributed by atoms with Crippen LogP contribution in [0.5, 0.6) is 11.5 Å². The average molecular weight is 1020 g/mol. The molecule has 0 radical (unpaired) electrons. The van der Waals surface area contributed by atoms with E-state index in [1.165, 1.54) is 4.90 Å². The number of nitrogens with one attached hydrogen (secondary N) is 2. The smallest absolute Gasteiger partial charge is 0.253 e. The fraction of sp³-hybridized carbons (Fsp3) is 0.444. The molecule has 3 aliphatic rings. The molecule has 0 aliphatic carbocycles. The van der Waals surface area contributed by atoms with E-state index in [0.717, 1.165) is 21.7 Å². The monoisotopic (exact) mass is 1010 g/mol. The number of aliphatic hydroxyl groups is 1. The molecule has 5 amide bonds. The number of amides is 5. The summed E-state index contributed by atoms with van der Waals surface area (Å²) >= 11 is 1.57. The number of benzene rings is 3. The van der Waals surface area contributed by atoms with Crippen LogP contribution in [0.15, 0.2) is 84.4 Å². The van der Waals surface area contributed by atoms with E-state index in [1.54, 1.807) is 63.6 Å². The van der Waals surface area contributed by atoms with Gasteiger partial charge in [-0.15, -0.1) is 21.5 Å². The maximum absolute atomic E-state index is 14.1. The molecule has 3 fully saturated rings. The Balaban J connectivity index is 0.726. The lowest BCUT2D eigenvalue weighted by atomic mass is 9.85. The van der Waals surface area contributed by atoms with Crippen LogP contribution >= 0.6 is 11.3 Å². The number of ether oxygens (including phenoxy) is 1. The number of carbonyl (C=O) groups excluding carboxylic acids is 5. The Morgan fingerprint density at radius 3 is 2.22 bits per heavy atom. The summed E-state index contributed by atoms with van der Waals surface area (Å²) in [4.78, 5) is 80.1. The third-order valence-electron chi connectivity index (χ3n) is 13.8. The predicted molar refractivity (Wildman–Crippen MR) is 279 cm³/mol. The molecule has 0 saturated carbocycles. The summed E-state index contributed by atoms with van der Waals surface area (Å²) in [7, 11) is 0. The lowest BCUT2D eigenvalue weighted by molar-refractivity contribution is -0.144. The van der Waals surface area contributed by atoms with Crippen LogP contribution in [0.1, 0.15) is 93.9 Å². The topological polar surface area (TPSA) is 237 Å². The minimum atomic E-state index is -0.933. The number of hydrogen-bond acceptors (Lipinski definition) is 14. The Morgan fingerprint density at radius 1 is 0.863 bits per heavy atom. The Labute approximate surface area is 429 Å². The van der Waals surface area contributed by atoms with E-state index in [-0.39, 0.29) is 66.7 Å². The number of anilines is 2. The van der Waals surface area contributed by atoms with E-state index in [4.69, 9.17) is 10.5 Å². The van der Waals surface area contributed by atoms with Gasteiger partial charge < -0.3 is 50.9 Å². The predicted octanol–water partition coefficient (Wildman–Crippen LogP) is 5.74. The minimum absolute atomic E-state index is 0.00509. The number of nitrogen functional groups attached to an aromatic ring is 1. The maximum atomic E-state index is 14.1. The van der Waals surface area contributed by atoms with Crippen LogP contribution in [0.3, 0.4) is 0 Å². The number of para-hydroxylation sites is 1. The molecular weight excluding hydrogens is 949 g/mol. The summed E-state index contributed by atoms with van der Waals surface area (Å²) in [6.45, 7) is 12.2. The standard InChI is InChI=1S/C54H66N10O8S/c1-33(35-15-17-36(18-16-35)48-34(2)56-32-73-48)57-51(69)44-27-38(65)29-64(44)53(71)49(54(3,4)5)58-46(67)13-7-6-8-14-47(68)61-23-25-62(26-24-61)52(70)37-19-21-39(22-20-37)72-40-30-63(31-40)43-28-42(59-60-50(43)55)41-11-9-10-12-45(41)66/h9-12,15-22,28,32-33,38,40,44,49,65-66H,6-8,13-14,23-27,29-31H2,1-5H3,(H2,55,60)(H,57,69)(H,58,67)/t33?,38-,44+,49?/m1/s1. The number of rotatable bonds is 17. The first kappa shape index (κ1) is 52.2. The number of likely N-dealkylation sites (tertiary alicyclic amines) is 1. The molecule has 18 nitrogen and oxygen atoms in total. The van der Waals surface area contributed by atoms with Crippen LogP contribution in [0.2, 0.25) is 0 Å². The number of thiazole rings is 1. The summed E-state index contributed by atoms with van der Waals surface area (Å²) in [5.41, 5.74) is 12.5. The summed E-state index contributed by atoms with van der Waals surface area (Å²) < 4.78 is 6.17. The number of aromatic hydroxyl groups is 1. The van der Waals surface area contributed by atoms with Gasteiger partial charge in [-0.25, -0.2) is 4.98 Å². The number of aliphatic hydroxyl groups excluding tert-OH is 1. The SMILES string of the molecule is Cc1ncsc1-c1ccc(C(C)NC(=O)[C@@H]2C[C@@H](O)CN2C(=O)C(NC(=O)CCCCCC(=O)N2CCN(C(=O)c3ccc(OC4CN(c5cc(-c6ccccc6O)nnc5N)C4)cc3)CC2)C(C)(C)C)cc1. The molecule has 73 heavy (non-hydrogen) atoms. The molecule has 6 N–H and O–H groups in total. The number of hydrogen-bond donors (Lipinski definition) is 5. The van der Waals surface area contributed by atoms with Gasteiger partial charge in [0.05, 0.1) is 52.7 Å². The van der Waals surface area contributed by atoms with Crippen LogP contribution in [-0.2, 0) is 19.2 Å². The third-order valence-corrected chi connectivity index (χ3v) is 14.8. The Hall–Kier alpha value is -7.12. The molecule has 4 atom stereocenters. The summed E-state index contributed by atoms with van der Waals surface area (Å²) in [5.74, 6) is -0.164. The number of β-amino-alcohol motifs (C(OH)–C–C–N with tert-alkyl or cyclic N) is 1. The van der Waals surface area contributed by atoms with Gasteiger partial charge in [-0.1, -0.05) is 63.6 Å². The number of nitrogens with zero attached hydrogens (tertiary/aromatic N) is 7. The molecule has 0 bridgehead atoms. The van der Waals surface area contributed by atoms with Crippen LogP contribution < -0.4 is 26.0 Å². The second kappa shape index (κ2) is 22.7. The second-order valence-corrected chi connectivity index (χ2v) is 21.2. The van der Waals surface area contributed by atoms with Crippen molar-refractivity contribution >= 4 is 52.4 Å². The number of piperazine rings is 1. The highest BCUT2D eigenvalue weighted by molar-refractivity contribution is 7.13. The highest BCUT2D eigenvalue weighted by atomic mass is 32.1. The Kier molecular flexibility index (Phi) is 16.3. The zero-order valence-corrected chi connectivity index (χ0v) is 42.9. The molecule has 2 unspecified atom stereocenters. The zero-order chi connectivity index (χ0) is 52.0. The van der Waals surface area contributed by atoms with Crippen LogP contribution in [0.25, 0.3) is 21.7 Å². The highest BCUT2D eigenvalue weighted by Gasteiger charge is 2.45. The fourth-order valence-electron chi connectivity index (χ4n) is 9.53. The molecule has 2 aromatic heterocycles. The molecule has 3 aromatic carbocycles. The molecule has 8 rings (SSSR count). The van der Waals surface area contributed by atoms with Crippen LogP contribution in [0, 0.1) is 12.3 Å². The van der Waals surface area contributed by atoms with Crippen molar-refractivity contribution in [2.45, 2.75) is 103 Å². The highest BCUT2D eigenvalue weighted by Crippen LogP contribution is 2.35. The van der Waals surface area contributed by atoms with Gasteiger partial charge in [0.15, 0.2) is 5.82 Å². The summed E-state index contributed by atoms with van der Waals surface area (Å²) in [6.07, 6.45) is 1.34. The van der Waals surface area contributed by atoms with Crippen LogP contribution in [0.4, 0.5) is 11.5 Å². The molecule has 3 saturated heterocycles. The molecule has 19 heteroatoms. The molecule has 5 heterocycles. The quantitative estimate of drug-likeness (QED) is 0.0701. The van der Waals surface area contributed by atoms with Crippen LogP contribution in [-0.4, -0.2) is 140 Å². The van der Waals surface area contributed by atoms with Crippen molar-refractivity contribution in [1.29, 1.82) is 0 Å². The Bertz CT molecular complexity index is 2770. The number of aryl methyl sites for hydroxylation is 1. The summed E-state index contributed by atoms with van der Waals surface area (Å²) in [5, 5.41) is 35.2. The van der Waals surface area contributed by atoms with Gasteiger partial charge in [0.1, 0.15) is 29.7 Å². The van der Waals surface area contributed by atoms with Crippen molar-refractivity contribution in [3.05, 3.63) is 101 Å². The van der Waals surface area contributed by atoms with Gasteiger partial charge in [0, 0.05) is 63.1 Å². The van der Waals surface area contributed by atoms with Crippen molar-refractivity contribution in [3.8, 4) is 33.2 Å². The van der Waals surface area contributed by atoms with Crippen molar-refractivity contribution in [2.24, 2.45) is 5.41 Å². The van der Waals surface area contributed by atoms with Gasteiger partial charge in [-0.05, 0) is 85.7 Å². The molecule has 3 aliphatic heterocycles. The first-order chi connectivity index (χ1) is 34.9. The number of unbranched alkanes of at least 4 members (excludes halogenated alkanes) is 2. The van der Waals surface area contributed by atoms with E-state index in [2.05, 4.69) is 25.8 Å². The number of phenols is 1. The van der Waals surface area contributed by atoms with Crippen molar-refractivity contribution < 1.29 is 38.9 Å². The van der Waals surface area contributed by atoms with E-state index in [0.29, 0.717) is 93.2 Å². The number of nitrogens with two attached hydrogens (primary N) is 1. The normalized spacial score (nSPS) is 17.9. The van der Waals surface area contributed by atoms with Crippen molar-refractivity contribution in [1.82, 2.24) is 40.5 Å².